The first-order chi connectivity index (χ1) is 9.49. The van der Waals surface area contributed by atoms with Gasteiger partial charge in [0.25, 0.3) is 5.69 Å². The fourth-order valence-electron chi connectivity index (χ4n) is 1.80. The van der Waals surface area contributed by atoms with Crippen LogP contribution in [0.4, 0.5) is 11.4 Å². The van der Waals surface area contributed by atoms with Gasteiger partial charge in [-0.25, -0.2) is 0 Å². The molecule has 20 heavy (non-hydrogen) atoms. The number of nitro benzene ring substituents is 1. The van der Waals surface area contributed by atoms with Gasteiger partial charge < -0.3 is 5.32 Å². The van der Waals surface area contributed by atoms with Crippen molar-refractivity contribution in [1.82, 2.24) is 0 Å². The predicted molar refractivity (Wildman–Crippen MR) is 81.6 cm³/mol. The largest absolute Gasteiger partial charge is 0.381 e. The molecule has 0 spiro atoms. The SMILES string of the molecule is Cc1c(Cl)cccc1NCc1cc([N+](=O)[O-])ccc1Cl. The van der Waals surface area contributed by atoms with E-state index in [9.17, 15) is 10.1 Å². The highest BCUT2D eigenvalue weighted by Crippen LogP contribution is 2.26. The van der Waals surface area contributed by atoms with Gasteiger partial charge in [0.05, 0.1) is 4.92 Å². The van der Waals surface area contributed by atoms with Crippen molar-refractivity contribution in [2.24, 2.45) is 0 Å². The molecule has 0 radical (unpaired) electrons. The monoisotopic (exact) mass is 310 g/mol. The van der Waals surface area contributed by atoms with Crippen molar-refractivity contribution >= 4 is 34.6 Å². The van der Waals surface area contributed by atoms with Crippen LogP contribution < -0.4 is 5.32 Å². The number of nitrogens with zero attached hydrogens (tertiary/aromatic N) is 1. The summed E-state index contributed by atoms with van der Waals surface area (Å²) in [6.07, 6.45) is 0. The maximum Gasteiger partial charge on any atom is 0.269 e. The van der Waals surface area contributed by atoms with Gasteiger partial charge in [0.15, 0.2) is 0 Å². The zero-order valence-corrected chi connectivity index (χ0v) is 12.2. The Morgan fingerprint density at radius 1 is 1.20 bits per heavy atom. The molecular weight excluding hydrogens is 299 g/mol. The van der Waals surface area contributed by atoms with Gasteiger partial charge in [0.1, 0.15) is 0 Å². The molecule has 4 nitrogen and oxygen atoms in total. The number of hydrogen-bond acceptors (Lipinski definition) is 3. The van der Waals surface area contributed by atoms with Crippen LogP contribution in [0.3, 0.4) is 0 Å². The van der Waals surface area contributed by atoms with E-state index in [0.29, 0.717) is 22.2 Å². The first kappa shape index (κ1) is 14.6. The van der Waals surface area contributed by atoms with E-state index in [1.165, 1.54) is 18.2 Å². The van der Waals surface area contributed by atoms with Crippen LogP contribution in [-0.4, -0.2) is 4.92 Å². The third kappa shape index (κ3) is 3.21. The molecule has 2 aromatic rings. The van der Waals surface area contributed by atoms with E-state index < -0.39 is 4.92 Å². The second-order valence-corrected chi connectivity index (χ2v) is 5.11. The number of rotatable bonds is 4. The summed E-state index contributed by atoms with van der Waals surface area (Å²) in [7, 11) is 0. The maximum atomic E-state index is 10.8. The quantitative estimate of drug-likeness (QED) is 0.650. The Morgan fingerprint density at radius 2 is 1.95 bits per heavy atom. The fourth-order valence-corrected chi connectivity index (χ4v) is 2.16. The van der Waals surface area contributed by atoms with Crippen LogP contribution in [0, 0.1) is 17.0 Å². The van der Waals surface area contributed by atoms with Crippen molar-refractivity contribution in [3.05, 3.63) is 67.7 Å². The van der Waals surface area contributed by atoms with Crippen LogP contribution in [0.25, 0.3) is 0 Å². The van der Waals surface area contributed by atoms with Gasteiger partial charge >= 0.3 is 0 Å². The predicted octanol–water partition coefficient (Wildman–Crippen LogP) is 4.82. The molecule has 0 aliphatic heterocycles. The lowest BCUT2D eigenvalue weighted by Gasteiger charge is -2.11. The molecular formula is C14H12Cl2N2O2. The number of halogens is 2. The zero-order chi connectivity index (χ0) is 14.7. The summed E-state index contributed by atoms with van der Waals surface area (Å²) in [5.41, 5.74) is 2.49. The number of non-ortho nitro benzene ring substituents is 1. The van der Waals surface area contributed by atoms with Crippen LogP contribution in [-0.2, 0) is 6.54 Å². The number of hydrogen-bond donors (Lipinski definition) is 1. The molecule has 0 aliphatic rings. The normalized spacial score (nSPS) is 10.3. The third-order valence-electron chi connectivity index (χ3n) is 2.98. The Bertz CT molecular complexity index is 660. The van der Waals surface area contributed by atoms with Gasteiger partial charge in [-0.1, -0.05) is 29.3 Å². The van der Waals surface area contributed by atoms with Gasteiger partial charge in [-0.2, -0.15) is 0 Å². The van der Waals surface area contributed by atoms with Gasteiger partial charge in [-0.15, -0.1) is 0 Å². The van der Waals surface area contributed by atoms with E-state index in [4.69, 9.17) is 23.2 Å². The highest BCUT2D eigenvalue weighted by Gasteiger charge is 2.10. The van der Waals surface area contributed by atoms with Crippen LogP contribution >= 0.6 is 23.2 Å². The number of nitro groups is 1. The van der Waals surface area contributed by atoms with E-state index in [2.05, 4.69) is 5.32 Å². The van der Waals surface area contributed by atoms with Gasteiger partial charge in [0, 0.05) is 34.4 Å². The Balaban J connectivity index is 2.20. The lowest BCUT2D eigenvalue weighted by molar-refractivity contribution is -0.384. The van der Waals surface area contributed by atoms with Gasteiger partial charge in [-0.3, -0.25) is 10.1 Å². The Morgan fingerprint density at radius 3 is 2.65 bits per heavy atom. The molecule has 0 heterocycles. The molecule has 0 fully saturated rings. The minimum absolute atomic E-state index is 0.0222. The maximum absolute atomic E-state index is 10.8. The lowest BCUT2D eigenvalue weighted by Crippen LogP contribution is -2.02. The molecule has 0 atom stereocenters. The highest BCUT2D eigenvalue weighted by molar-refractivity contribution is 6.32. The van der Waals surface area contributed by atoms with Crippen molar-refractivity contribution in [1.29, 1.82) is 0 Å². The molecule has 2 rings (SSSR count). The minimum atomic E-state index is -0.440. The van der Waals surface area contributed by atoms with Gasteiger partial charge in [-0.05, 0) is 36.2 Å². The van der Waals surface area contributed by atoms with Gasteiger partial charge in [0.2, 0.25) is 0 Å². The smallest absolute Gasteiger partial charge is 0.269 e. The molecule has 0 aliphatic carbocycles. The standard InChI is InChI=1S/C14H12Cl2N2O2/c1-9-12(15)3-2-4-14(9)17-8-10-7-11(18(19)20)5-6-13(10)16/h2-7,17H,8H2,1H3. The molecule has 0 amide bonds. The van der Waals surface area contributed by atoms with Crippen molar-refractivity contribution in [3.8, 4) is 0 Å². The summed E-state index contributed by atoms with van der Waals surface area (Å²) in [4.78, 5) is 10.3. The fraction of sp³-hybridized carbons (Fsp3) is 0.143. The van der Waals surface area contributed by atoms with Crippen LogP contribution in [0.1, 0.15) is 11.1 Å². The Labute approximate surface area is 126 Å². The van der Waals surface area contributed by atoms with E-state index in [1.54, 1.807) is 0 Å². The summed E-state index contributed by atoms with van der Waals surface area (Å²) in [5, 5.41) is 15.1. The molecule has 0 bridgehead atoms. The molecule has 104 valence electrons. The summed E-state index contributed by atoms with van der Waals surface area (Å²) >= 11 is 12.1. The first-order valence-corrected chi connectivity index (χ1v) is 6.66. The second kappa shape index (κ2) is 6.11. The Kier molecular flexibility index (Phi) is 4.47. The molecule has 0 unspecified atom stereocenters. The minimum Gasteiger partial charge on any atom is -0.381 e. The van der Waals surface area contributed by atoms with Crippen molar-refractivity contribution in [2.45, 2.75) is 13.5 Å². The van der Waals surface area contributed by atoms with Crippen molar-refractivity contribution < 1.29 is 4.92 Å². The van der Waals surface area contributed by atoms with Crippen LogP contribution in [0.2, 0.25) is 10.0 Å². The molecule has 0 aromatic heterocycles. The average molecular weight is 311 g/mol. The Hall–Kier alpha value is -1.78. The second-order valence-electron chi connectivity index (χ2n) is 4.30. The topological polar surface area (TPSA) is 55.2 Å². The highest BCUT2D eigenvalue weighted by atomic mass is 35.5. The van der Waals surface area contributed by atoms with E-state index in [1.807, 2.05) is 25.1 Å². The summed E-state index contributed by atoms with van der Waals surface area (Å²) in [6, 6.07) is 9.93. The van der Waals surface area contributed by atoms with Crippen molar-refractivity contribution in [3.63, 3.8) is 0 Å². The summed E-state index contributed by atoms with van der Waals surface area (Å²) in [5.74, 6) is 0. The molecule has 1 N–H and O–H groups in total. The van der Waals surface area contributed by atoms with Crippen LogP contribution in [0.15, 0.2) is 36.4 Å². The van der Waals surface area contributed by atoms with Crippen LogP contribution in [0.5, 0.6) is 0 Å². The van der Waals surface area contributed by atoms with E-state index in [0.717, 1.165) is 11.3 Å². The summed E-state index contributed by atoms with van der Waals surface area (Å²) in [6.45, 7) is 2.29. The third-order valence-corrected chi connectivity index (χ3v) is 3.76. The lowest BCUT2D eigenvalue weighted by atomic mass is 10.1. The molecule has 0 saturated heterocycles. The van der Waals surface area contributed by atoms with Crippen molar-refractivity contribution in [2.75, 3.05) is 5.32 Å². The number of nitrogens with one attached hydrogen (secondary N) is 1. The molecule has 0 saturated carbocycles. The van der Waals surface area contributed by atoms with E-state index >= 15 is 0 Å². The number of anilines is 1. The zero-order valence-electron chi connectivity index (χ0n) is 10.7. The average Bonchev–Trinajstić information content (AvgIpc) is 2.41. The first-order valence-electron chi connectivity index (χ1n) is 5.91. The van der Waals surface area contributed by atoms with E-state index in [-0.39, 0.29) is 5.69 Å². The molecule has 6 heteroatoms. The molecule has 2 aromatic carbocycles. The number of benzene rings is 2. The summed E-state index contributed by atoms with van der Waals surface area (Å²) < 4.78 is 0.